The van der Waals surface area contributed by atoms with Gasteiger partial charge in [-0.25, -0.2) is 0 Å². The summed E-state index contributed by atoms with van der Waals surface area (Å²) in [6, 6.07) is -0.0963. The van der Waals surface area contributed by atoms with Gasteiger partial charge in [0.05, 0.1) is 0 Å². The summed E-state index contributed by atoms with van der Waals surface area (Å²) in [4.78, 5) is 0. The summed E-state index contributed by atoms with van der Waals surface area (Å²) < 4.78 is 29.2. The molecule has 3 unspecified atom stereocenters. The maximum atomic E-state index is 12.4. The first-order valence-electron chi connectivity index (χ1n) is 7.41. The Balaban J connectivity index is 1.99. The normalized spacial score (nSPS) is 34.3. The van der Waals surface area contributed by atoms with E-state index in [4.69, 9.17) is 0 Å². The topological polar surface area (TPSA) is 69.6 Å². The molecule has 1 heterocycles. The highest BCUT2D eigenvalue weighted by atomic mass is 32.2. The Morgan fingerprint density at radius 2 is 1.95 bits per heavy atom. The molecule has 112 valence electrons. The third-order valence-corrected chi connectivity index (χ3v) is 6.02. The lowest BCUT2D eigenvalue weighted by Gasteiger charge is -2.35. The average molecular weight is 290 g/mol. The van der Waals surface area contributed by atoms with Crippen molar-refractivity contribution >= 4 is 10.2 Å². The van der Waals surface area contributed by atoms with Gasteiger partial charge >= 0.3 is 0 Å². The van der Waals surface area contributed by atoms with Crippen LogP contribution in [-0.2, 0) is 10.2 Å². The van der Waals surface area contributed by atoms with Crippen LogP contribution in [-0.4, -0.2) is 43.6 Å². The van der Waals surface area contributed by atoms with E-state index in [1.165, 1.54) is 0 Å². The molecule has 2 rings (SSSR count). The first kappa shape index (κ1) is 15.2. The molecule has 19 heavy (non-hydrogen) atoms. The average Bonchev–Trinajstić information content (AvgIpc) is 2.39. The fraction of sp³-hybridized carbons (Fsp3) is 1.00. The highest BCUT2D eigenvalue weighted by Gasteiger charge is 2.32. The highest BCUT2D eigenvalue weighted by Crippen LogP contribution is 2.25. The van der Waals surface area contributed by atoms with Gasteiger partial charge in [0.2, 0.25) is 0 Å². The minimum absolute atomic E-state index is 0.0730. The van der Waals surface area contributed by atoms with Crippen molar-refractivity contribution in [2.75, 3.05) is 19.7 Å². The monoisotopic (exact) mass is 290 g/mol. The molecule has 1 saturated heterocycles. The van der Waals surface area contributed by atoms with Crippen LogP contribution in [0.4, 0.5) is 0 Å². The fourth-order valence-electron chi connectivity index (χ4n) is 3.21. The number of aliphatic hydroxyl groups is 1. The molecule has 2 aliphatic rings. The molecule has 2 N–H and O–H groups in total. The number of piperidine rings is 1. The number of nitrogens with zero attached hydrogens (tertiary/aromatic N) is 1. The highest BCUT2D eigenvalue weighted by molar-refractivity contribution is 7.87. The SMILES string of the molecule is CC1CCCN(S(=O)(=O)NC2CCCCC2CO)C1. The van der Waals surface area contributed by atoms with Crippen molar-refractivity contribution in [3.63, 3.8) is 0 Å². The molecule has 1 aliphatic heterocycles. The minimum Gasteiger partial charge on any atom is -0.396 e. The Hall–Kier alpha value is -0.170. The fourth-order valence-corrected chi connectivity index (χ4v) is 4.87. The second-order valence-corrected chi connectivity index (χ2v) is 7.76. The van der Waals surface area contributed by atoms with Crippen LogP contribution in [0.1, 0.15) is 45.4 Å². The third kappa shape index (κ3) is 3.90. The Kier molecular flexibility index (Phi) is 5.22. The first-order valence-corrected chi connectivity index (χ1v) is 8.85. The van der Waals surface area contributed by atoms with E-state index in [9.17, 15) is 13.5 Å². The Morgan fingerprint density at radius 3 is 2.63 bits per heavy atom. The van der Waals surface area contributed by atoms with Crippen LogP contribution in [0, 0.1) is 11.8 Å². The summed E-state index contributed by atoms with van der Waals surface area (Å²) in [5.41, 5.74) is 0. The quantitative estimate of drug-likeness (QED) is 0.814. The molecule has 3 atom stereocenters. The number of aliphatic hydroxyl groups excluding tert-OH is 1. The molecule has 0 aromatic carbocycles. The predicted molar refractivity (Wildman–Crippen MR) is 74.9 cm³/mol. The number of hydrogen-bond acceptors (Lipinski definition) is 3. The summed E-state index contributed by atoms with van der Waals surface area (Å²) in [6.07, 6.45) is 5.93. The molecule has 0 aromatic heterocycles. The maximum Gasteiger partial charge on any atom is 0.279 e. The van der Waals surface area contributed by atoms with Crippen LogP contribution in [0.2, 0.25) is 0 Å². The van der Waals surface area contributed by atoms with E-state index in [0.717, 1.165) is 38.5 Å². The van der Waals surface area contributed by atoms with E-state index in [-0.39, 0.29) is 18.6 Å². The van der Waals surface area contributed by atoms with Gasteiger partial charge in [-0.15, -0.1) is 0 Å². The molecule has 0 aromatic rings. The van der Waals surface area contributed by atoms with Crippen molar-refractivity contribution in [2.45, 2.75) is 51.5 Å². The lowest BCUT2D eigenvalue weighted by atomic mass is 9.86. The van der Waals surface area contributed by atoms with Crippen molar-refractivity contribution in [3.05, 3.63) is 0 Å². The molecule has 0 amide bonds. The largest absolute Gasteiger partial charge is 0.396 e. The van der Waals surface area contributed by atoms with Gasteiger partial charge in [0.1, 0.15) is 0 Å². The molecule has 1 saturated carbocycles. The van der Waals surface area contributed by atoms with Gasteiger partial charge in [-0.3, -0.25) is 0 Å². The minimum atomic E-state index is -3.39. The van der Waals surface area contributed by atoms with E-state index in [1.54, 1.807) is 4.31 Å². The van der Waals surface area contributed by atoms with Crippen LogP contribution in [0.15, 0.2) is 0 Å². The number of nitrogens with one attached hydrogen (secondary N) is 1. The van der Waals surface area contributed by atoms with Crippen molar-refractivity contribution < 1.29 is 13.5 Å². The van der Waals surface area contributed by atoms with Crippen LogP contribution >= 0.6 is 0 Å². The Morgan fingerprint density at radius 1 is 1.21 bits per heavy atom. The Labute approximate surface area is 116 Å². The van der Waals surface area contributed by atoms with Gasteiger partial charge in [-0.1, -0.05) is 19.8 Å². The lowest BCUT2D eigenvalue weighted by Crippen LogP contribution is -2.51. The molecular formula is C13H26N2O3S. The summed E-state index contributed by atoms with van der Waals surface area (Å²) in [7, 11) is -3.39. The molecule has 0 radical (unpaired) electrons. The molecule has 0 bridgehead atoms. The van der Waals surface area contributed by atoms with Crippen LogP contribution in [0.3, 0.4) is 0 Å². The zero-order valence-electron chi connectivity index (χ0n) is 11.7. The summed E-state index contributed by atoms with van der Waals surface area (Å²) in [5, 5.41) is 9.36. The Bertz CT molecular complexity index is 385. The molecular weight excluding hydrogens is 264 g/mol. The van der Waals surface area contributed by atoms with E-state index >= 15 is 0 Å². The molecule has 1 aliphatic carbocycles. The van der Waals surface area contributed by atoms with E-state index < -0.39 is 10.2 Å². The van der Waals surface area contributed by atoms with Crippen LogP contribution in [0.25, 0.3) is 0 Å². The summed E-state index contributed by atoms with van der Waals surface area (Å²) in [6.45, 7) is 3.41. The zero-order chi connectivity index (χ0) is 13.9. The van der Waals surface area contributed by atoms with Gasteiger partial charge in [-0.05, 0) is 37.5 Å². The first-order chi connectivity index (χ1) is 9.03. The predicted octanol–water partition coefficient (Wildman–Crippen LogP) is 1.10. The molecule has 2 fully saturated rings. The number of hydrogen-bond donors (Lipinski definition) is 2. The number of rotatable bonds is 4. The van der Waals surface area contributed by atoms with Crippen molar-refractivity contribution in [3.8, 4) is 0 Å². The lowest BCUT2D eigenvalue weighted by molar-refractivity contribution is 0.162. The summed E-state index contributed by atoms with van der Waals surface area (Å²) in [5.74, 6) is 0.510. The van der Waals surface area contributed by atoms with Gasteiger partial charge in [0, 0.05) is 25.7 Å². The molecule has 6 heteroatoms. The maximum absolute atomic E-state index is 12.4. The van der Waals surface area contributed by atoms with E-state index in [1.807, 2.05) is 0 Å². The third-order valence-electron chi connectivity index (χ3n) is 4.40. The molecule has 0 spiro atoms. The summed E-state index contributed by atoms with van der Waals surface area (Å²) >= 11 is 0. The van der Waals surface area contributed by atoms with Crippen molar-refractivity contribution in [1.82, 2.24) is 9.03 Å². The van der Waals surface area contributed by atoms with Gasteiger partial charge in [-0.2, -0.15) is 17.4 Å². The van der Waals surface area contributed by atoms with Gasteiger partial charge in [0.25, 0.3) is 10.2 Å². The van der Waals surface area contributed by atoms with Gasteiger partial charge in [0.15, 0.2) is 0 Å². The smallest absolute Gasteiger partial charge is 0.279 e. The van der Waals surface area contributed by atoms with Crippen molar-refractivity contribution in [1.29, 1.82) is 0 Å². The second-order valence-electron chi connectivity index (χ2n) is 6.06. The van der Waals surface area contributed by atoms with Crippen molar-refractivity contribution in [2.24, 2.45) is 11.8 Å². The zero-order valence-corrected chi connectivity index (χ0v) is 12.5. The molecule has 5 nitrogen and oxygen atoms in total. The van der Waals surface area contributed by atoms with Crippen LogP contribution in [0.5, 0.6) is 0 Å². The van der Waals surface area contributed by atoms with E-state index in [2.05, 4.69) is 11.6 Å². The van der Waals surface area contributed by atoms with Gasteiger partial charge < -0.3 is 5.11 Å². The van der Waals surface area contributed by atoms with E-state index in [0.29, 0.717) is 19.0 Å². The van der Waals surface area contributed by atoms with Crippen LogP contribution < -0.4 is 4.72 Å². The second kappa shape index (κ2) is 6.52. The standard InChI is InChI=1S/C13H26N2O3S/c1-11-5-4-8-15(9-11)19(17,18)14-13-7-3-2-6-12(13)10-16/h11-14,16H,2-10H2,1H3.